The Balaban J connectivity index is -0.0000000575. The van der Waals surface area contributed by atoms with Gasteiger partial charge in [-0.2, -0.15) is 0 Å². The Morgan fingerprint density at radius 2 is 1.75 bits per heavy atom. The first-order valence-corrected chi connectivity index (χ1v) is 2.60. The number of halogens is 1. The fourth-order valence-electron chi connectivity index (χ4n) is 0. The molecular weight excluding hydrogens is 122 g/mol. The summed E-state index contributed by atoms with van der Waals surface area (Å²) in [6.07, 6.45) is 2.85. The lowest BCUT2D eigenvalue weighted by atomic mass is 10.5. The highest BCUT2D eigenvalue weighted by Gasteiger charge is 1.55. The van der Waals surface area contributed by atoms with Crippen LogP contribution >= 0.6 is 12.4 Å². The van der Waals surface area contributed by atoms with E-state index in [-0.39, 0.29) is 12.4 Å². The molecule has 0 atom stereocenters. The van der Waals surface area contributed by atoms with Crippen molar-refractivity contribution in [1.82, 2.24) is 0 Å². The standard InChI is InChI=1S/C3H9N.C3H6.ClH/c1-2-3-4;1-3-2;/h2-4H2,1H3;3H,1H2,2H3;1H. The van der Waals surface area contributed by atoms with Gasteiger partial charge in [0.2, 0.25) is 0 Å². The van der Waals surface area contributed by atoms with Crippen molar-refractivity contribution in [3.63, 3.8) is 0 Å². The molecule has 0 aromatic carbocycles. The Kier molecular flexibility index (Phi) is 55.0. The lowest BCUT2D eigenvalue weighted by molar-refractivity contribution is 0.932. The van der Waals surface area contributed by atoms with Crippen LogP contribution in [0.1, 0.15) is 20.3 Å². The Labute approximate surface area is 58.4 Å². The zero-order chi connectivity index (χ0) is 6.12. The van der Waals surface area contributed by atoms with Crippen LogP contribution in [0.5, 0.6) is 0 Å². The Morgan fingerprint density at radius 1 is 1.62 bits per heavy atom. The first kappa shape index (κ1) is 15.7. The molecule has 0 bridgehead atoms. The van der Waals surface area contributed by atoms with E-state index >= 15 is 0 Å². The Bertz CT molecular complexity index is 27.7. The molecule has 0 aromatic rings. The molecule has 0 unspecified atom stereocenters. The van der Waals surface area contributed by atoms with Gasteiger partial charge in [-0.15, -0.1) is 19.0 Å². The molecule has 1 nitrogen and oxygen atoms in total. The van der Waals surface area contributed by atoms with E-state index in [1.54, 1.807) is 6.08 Å². The van der Waals surface area contributed by atoms with Crippen molar-refractivity contribution in [1.29, 1.82) is 0 Å². The van der Waals surface area contributed by atoms with Gasteiger partial charge in [0.1, 0.15) is 0 Å². The molecule has 0 amide bonds. The second-order valence-corrected chi connectivity index (χ2v) is 1.20. The molecule has 0 rings (SSSR count). The topological polar surface area (TPSA) is 26.0 Å². The molecule has 0 saturated carbocycles. The average molecular weight is 138 g/mol. The third-order valence-corrected chi connectivity index (χ3v) is 0.289. The quantitative estimate of drug-likeness (QED) is 0.550. The highest BCUT2D eigenvalue weighted by atomic mass is 35.5. The summed E-state index contributed by atoms with van der Waals surface area (Å²) in [6.45, 7) is 8.12. The molecule has 52 valence electrons. The van der Waals surface area contributed by atoms with Gasteiger partial charge in [0.25, 0.3) is 0 Å². The predicted octanol–water partition coefficient (Wildman–Crippen LogP) is 1.97. The largest absolute Gasteiger partial charge is 0.330 e. The van der Waals surface area contributed by atoms with Gasteiger partial charge >= 0.3 is 0 Å². The molecule has 0 heterocycles. The minimum Gasteiger partial charge on any atom is -0.330 e. The first-order valence-electron chi connectivity index (χ1n) is 2.60. The Hall–Kier alpha value is -0.0100. The van der Waals surface area contributed by atoms with Crippen molar-refractivity contribution >= 4 is 12.4 Å². The minimum atomic E-state index is 0. The number of nitrogens with two attached hydrogens (primary N) is 1. The summed E-state index contributed by atoms with van der Waals surface area (Å²) in [4.78, 5) is 0. The van der Waals surface area contributed by atoms with E-state index in [0.717, 1.165) is 13.0 Å². The molecule has 0 saturated heterocycles. The maximum absolute atomic E-state index is 5.03. The minimum absolute atomic E-state index is 0. The van der Waals surface area contributed by atoms with Crippen molar-refractivity contribution in [2.45, 2.75) is 20.3 Å². The first-order chi connectivity index (χ1) is 3.33. The van der Waals surface area contributed by atoms with Gasteiger partial charge < -0.3 is 5.73 Å². The fourth-order valence-corrected chi connectivity index (χ4v) is 0. The predicted molar refractivity (Wildman–Crippen MR) is 42.5 cm³/mol. The number of allylic oxidation sites excluding steroid dienone is 1. The summed E-state index contributed by atoms with van der Waals surface area (Å²) in [5, 5.41) is 0. The summed E-state index contributed by atoms with van der Waals surface area (Å²) >= 11 is 0. The van der Waals surface area contributed by atoms with Gasteiger partial charge in [0, 0.05) is 0 Å². The van der Waals surface area contributed by atoms with Gasteiger partial charge in [-0.05, 0) is 19.9 Å². The van der Waals surface area contributed by atoms with E-state index in [9.17, 15) is 0 Å². The van der Waals surface area contributed by atoms with Crippen molar-refractivity contribution in [2.24, 2.45) is 5.73 Å². The van der Waals surface area contributed by atoms with E-state index in [1.165, 1.54) is 0 Å². The molecule has 0 spiro atoms. The molecule has 0 aromatic heterocycles. The van der Waals surface area contributed by atoms with Crippen LogP contribution in [0.4, 0.5) is 0 Å². The SMILES string of the molecule is C=CC.CCCN.Cl. The lowest BCUT2D eigenvalue weighted by Crippen LogP contribution is -1.93. The maximum atomic E-state index is 5.03. The molecule has 0 radical (unpaired) electrons. The summed E-state index contributed by atoms with van der Waals surface area (Å²) in [7, 11) is 0. The molecule has 0 aliphatic heterocycles. The Morgan fingerprint density at radius 3 is 1.75 bits per heavy atom. The number of hydrogen-bond donors (Lipinski definition) is 1. The van der Waals surface area contributed by atoms with E-state index in [1.807, 2.05) is 6.92 Å². The van der Waals surface area contributed by atoms with E-state index < -0.39 is 0 Å². The van der Waals surface area contributed by atoms with E-state index in [4.69, 9.17) is 5.73 Å². The van der Waals surface area contributed by atoms with Crippen LogP contribution in [0, 0.1) is 0 Å². The van der Waals surface area contributed by atoms with Crippen LogP contribution in [0.2, 0.25) is 0 Å². The van der Waals surface area contributed by atoms with Gasteiger partial charge in [-0.25, -0.2) is 0 Å². The normalized spacial score (nSPS) is 5.38. The lowest BCUT2D eigenvalue weighted by Gasteiger charge is -1.70. The van der Waals surface area contributed by atoms with Crippen molar-refractivity contribution in [3.05, 3.63) is 12.7 Å². The zero-order valence-electron chi connectivity index (χ0n) is 5.68. The van der Waals surface area contributed by atoms with Crippen molar-refractivity contribution in [2.75, 3.05) is 6.54 Å². The van der Waals surface area contributed by atoms with Crippen LogP contribution in [0.3, 0.4) is 0 Å². The molecule has 0 aliphatic rings. The smallest absolute Gasteiger partial charge is 0.00799 e. The molecule has 8 heavy (non-hydrogen) atoms. The third-order valence-electron chi connectivity index (χ3n) is 0.289. The van der Waals surface area contributed by atoms with Crippen molar-refractivity contribution in [3.8, 4) is 0 Å². The summed E-state index contributed by atoms with van der Waals surface area (Å²) in [5.41, 5.74) is 5.03. The summed E-state index contributed by atoms with van der Waals surface area (Å²) in [5.74, 6) is 0. The molecule has 2 N–H and O–H groups in total. The monoisotopic (exact) mass is 137 g/mol. The molecular formula is C6H16ClN. The highest BCUT2D eigenvalue weighted by molar-refractivity contribution is 5.85. The number of hydrogen-bond acceptors (Lipinski definition) is 1. The highest BCUT2D eigenvalue weighted by Crippen LogP contribution is 1.57. The second kappa shape index (κ2) is 28.1. The van der Waals surface area contributed by atoms with Crippen LogP contribution in [-0.2, 0) is 0 Å². The fraction of sp³-hybridized carbons (Fsp3) is 0.667. The van der Waals surface area contributed by atoms with E-state index in [0.29, 0.717) is 0 Å². The van der Waals surface area contributed by atoms with Gasteiger partial charge in [0.15, 0.2) is 0 Å². The summed E-state index contributed by atoms with van der Waals surface area (Å²) < 4.78 is 0. The average Bonchev–Trinajstić information content (AvgIpc) is 1.69. The van der Waals surface area contributed by atoms with Crippen LogP contribution in [0.15, 0.2) is 12.7 Å². The zero-order valence-corrected chi connectivity index (χ0v) is 6.50. The second-order valence-electron chi connectivity index (χ2n) is 1.20. The van der Waals surface area contributed by atoms with Gasteiger partial charge in [-0.1, -0.05) is 13.0 Å². The summed E-state index contributed by atoms with van der Waals surface area (Å²) in [6, 6.07) is 0. The van der Waals surface area contributed by atoms with Crippen molar-refractivity contribution < 1.29 is 0 Å². The molecule has 0 aliphatic carbocycles. The molecule has 0 fully saturated rings. The van der Waals surface area contributed by atoms with Crippen LogP contribution < -0.4 is 5.73 Å². The number of rotatable bonds is 1. The maximum Gasteiger partial charge on any atom is -0.00799 e. The van der Waals surface area contributed by atoms with Gasteiger partial charge in [0.05, 0.1) is 0 Å². The third kappa shape index (κ3) is 152. The van der Waals surface area contributed by atoms with Gasteiger partial charge in [-0.3, -0.25) is 0 Å². The molecule has 2 heteroatoms. The van der Waals surface area contributed by atoms with Crippen LogP contribution in [-0.4, -0.2) is 6.54 Å². The van der Waals surface area contributed by atoms with E-state index in [2.05, 4.69) is 13.5 Å². The van der Waals surface area contributed by atoms with Crippen LogP contribution in [0.25, 0.3) is 0 Å².